The Hall–Kier alpha value is -4.24. The van der Waals surface area contributed by atoms with E-state index >= 15 is 0 Å². The molecule has 2 aliphatic rings. The van der Waals surface area contributed by atoms with Crippen LogP contribution in [0.25, 0.3) is 11.1 Å². The molecule has 49 heavy (non-hydrogen) atoms. The lowest BCUT2D eigenvalue weighted by Gasteiger charge is -2.36. The molecule has 10 nitrogen and oxygen atoms in total. The maximum Gasteiger partial charge on any atom is 0.471 e. The van der Waals surface area contributed by atoms with E-state index in [9.17, 15) is 27.9 Å². The molecule has 0 aliphatic carbocycles. The minimum atomic E-state index is -5.03. The number of aromatic nitrogens is 3. The third-order valence-electron chi connectivity index (χ3n) is 8.71. The number of carbonyl (C=O) groups excluding carboxylic acids is 2. The number of rotatable bonds is 10. The molecular formula is C35H36F3N5O5S. The molecule has 4 aromatic rings. The molecule has 0 spiro atoms. The normalized spacial score (nSPS) is 21.1. The second kappa shape index (κ2) is 15.1. The number of hydrogen-bond acceptors (Lipinski definition) is 8. The fraction of sp³-hybridized carbons (Fsp3) is 0.371. The molecule has 2 amide bonds. The highest BCUT2D eigenvalue weighted by molar-refractivity contribution is 7.99. The summed E-state index contributed by atoms with van der Waals surface area (Å²) in [7, 11) is 1.89. The molecule has 1 aromatic heterocycles. The van der Waals surface area contributed by atoms with Crippen molar-refractivity contribution in [3.63, 3.8) is 0 Å². The highest BCUT2D eigenvalue weighted by Crippen LogP contribution is 2.40. The van der Waals surface area contributed by atoms with Gasteiger partial charge in [-0.2, -0.15) is 13.2 Å². The highest BCUT2D eigenvalue weighted by atomic mass is 32.2. The van der Waals surface area contributed by atoms with Crippen LogP contribution in [0.15, 0.2) is 84.3 Å². The van der Waals surface area contributed by atoms with E-state index in [0.29, 0.717) is 23.5 Å². The summed E-state index contributed by atoms with van der Waals surface area (Å²) in [6.45, 7) is -0.0675. The van der Waals surface area contributed by atoms with Gasteiger partial charge < -0.3 is 29.4 Å². The quantitative estimate of drug-likeness (QED) is 0.210. The van der Waals surface area contributed by atoms with Crippen molar-refractivity contribution in [2.24, 2.45) is 7.05 Å². The number of benzene rings is 3. The van der Waals surface area contributed by atoms with E-state index in [1.807, 2.05) is 84.4 Å². The number of nitrogens with one attached hydrogen (secondary N) is 1. The molecule has 2 fully saturated rings. The zero-order chi connectivity index (χ0) is 34.5. The monoisotopic (exact) mass is 695 g/mol. The molecule has 0 saturated carbocycles. The summed E-state index contributed by atoms with van der Waals surface area (Å²) < 4.78 is 54.0. The minimum absolute atomic E-state index is 0.0432. The second-order valence-electron chi connectivity index (χ2n) is 12.0. The Labute approximate surface area is 285 Å². The number of thioether (sulfide) groups is 1. The SMILES string of the molecule is Cn1cnnc1SC[C@@H]1C[C@H](c2ccc(CO)cc2)O[C@H](c2ccc(-c3ccccc3CNC(=O)[C@@H]3CCCN3C(=O)C(F)(F)F)cc2)O1. The molecule has 2 saturated heterocycles. The first-order valence-corrected chi connectivity index (χ1v) is 16.9. The first kappa shape index (κ1) is 34.6. The second-order valence-corrected chi connectivity index (χ2v) is 13.0. The molecule has 0 bridgehead atoms. The standard InChI is InChI=1S/C35H36F3N5O5S/c1-42-21-40-41-34(42)49-20-27-17-30(24-10-8-22(19-44)9-11-24)48-32(47-27)25-14-12-23(13-15-25)28-6-3-2-5-26(28)18-39-31(45)29-7-4-16-43(29)33(46)35(36,37)38/h2-3,5-6,8-15,21,27,29-30,32,44H,4,7,16-20H2,1H3,(H,39,45)/t27-,29-,30+,32+/m0/s1. The van der Waals surface area contributed by atoms with Gasteiger partial charge in [0.05, 0.1) is 18.8 Å². The third-order valence-corrected chi connectivity index (χ3v) is 9.87. The Balaban J connectivity index is 1.16. The van der Waals surface area contributed by atoms with Crippen LogP contribution in [-0.2, 0) is 39.3 Å². The van der Waals surface area contributed by atoms with Crippen molar-refractivity contribution in [2.45, 2.75) is 68.3 Å². The van der Waals surface area contributed by atoms with Gasteiger partial charge in [0, 0.05) is 37.9 Å². The van der Waals surface area contributed by atoms with E-state index in [-0.39, 0.29) is 38.3 Å². The molecule has 2 aliphatic heterocycles. The maximum atomic E-state index is 13.1. The van der Waals surface area contributed by atoms with E-state index in [1.165, 1.54) is 0 Å². The lowest BCUT2D eigenvalue weighted by atomic mass is 9.97. The van der Waals surface area contributed by atoms with Gasteiger partial charge in [-0.05, 0) is 40.7 Å². The molecule has 0 radical (unpaired) electrons. The number of nitrogens with zero attached hydrogens (tertiary/aromatic N) is 4. The smallest absolute Gasteiger partial charge is 0.392 e. The molecule has 14 heteroatoms. The van der Waals surface area contributed by atoms with E-state index in [1.54, 1.807) is 18.1 Å². The Morgan fingerprint density at radius 2 is 1.76 bits per heavy atom. The number of carbonyl (C=O) groups is 2. The van der Waals surface area contributed by atoms with E-state index in [4.69, 9.17) is 9.47 Å². The van der Waals surface area contributed by atoms with Crippen LogP contribution in [0.5, 0.6) is 0 Å². The molecule has 4 atom stereocenters. The van der Waals surface area contributed by atoms with Gasteiger partial charge in [-0.3, -0.25) is 9.59 Å². The van der Waals surface area contributed by atoms with Gasteiger partial charge in [0.2, 0.25) is 5.91 Å². The van der Waals surface area contributed by atoms with Crippen molar-refractivity contribution >= 4 is 23.6 Å². The van der Waals surface area contributed by atoms with Crippen molar-refractivity contribution in [3.05, 3.63) is 101 Å². The van der Waals surface area contributed by atoms with Crippen molar-refractivity contribution < 1.29 is 37.3 Å². The van der Waals surface area contributed by atoms with Gasteiger partial charge in [0.1, 0.15) is 12.4 Å². The molecular weight excluding hydrogens is 659 g/mol. The van der Waals surface area contributed by atoms with E-state index in [2.05, 4.69) is 15.5 Å². The fourth-order valence-corrected chi connectivity index (χ4v) is 7.02. The number of likely N-dealkylation sites (tertiary alicyclic amines) is 1. The highest BCUT2D eigenvalue weighted by Gasteiger charge is 2.47. The van der Waals surface area contributed by atoms with Gasteiger partial charge >= 0.3 is 12.1 Å². The van der Waals surface area contributed by atoms with Crippen LogP contribution in [0.3, 0.4) is 0 Å². The largest absolute Gasteiger partial charge is 0.471 e. The van der Waals surface area contributed by atoms with E-state index < -0.39 is 30.3 Å². The Morgan fingerprint density at radius 3 is 2.45 bits per heavy atom. The number of amides is 2. The number of aryl methyl sites for hydroxylation is 1. The average Bonchev–Trinajstić information content (AvgIpc) is 3.78. The predicted molar refractivity (Wildman–Crippen MR) is 175 cm³/mol. The average molecular weight is 696 g/mol. The molecule has 2 N–H and O–H groups in total. The summed E-state index contributed by atoms with van der Waals surface area (Å²) in [5.41, 5.74) is 5.09. The van der Waals surface area contributed by atoms with Crippen LogP contribution in [0.4, 0.5) is 13.2 Å². The topological polar surface area (TPSA) is 119 Å². The summed E-state index contributed by atoms with van der Waals surface area (Å²) in [5.74, 6) is -1.96. The van der Waals surface area contributed by atoms with Gasteiger partial charge in [-0.15, -0.1) is 10.2 Å². The van der Waals surface area contributed by atoms with Crippen molar-refractivity contribution in [2.75, 3.05) is 12.3 Å². The van der Waals surface area contributed by atoms with Crippen LogP contribution < -0.4 is 5.32 Å². The number of aliphatic hydroxyl groups excluding tert-OH is 1. The van der Waals surface area contributed by atoms with Crippen LogP contribution >= 0.6 is 11.8 Å². The summed E-state index contributed by atoms with van der Waals surface area (Å²) in [6, 6.07) is 21.7. The number of hydrogen-bond donors (Lipinski definition) is 2. The first-order chi connectivity index (χ1) is 23.6. The molecule has 258 valence electrons. The Morgan fingerprint density at radius 1 is 1.02 bits per heavy atom. The van der Waals surface area contributed by atoms with Crippen LogP contribution in [0.2, 0.25) is 0 Å². The van der Waals surface area contributed by atoms with E-state index in [0.717, 1.165) is 38.5 Å². The van der Waals surface area contributed by atoms with Crippen LogP contribution in [0.1, 0.15) is 53.9 Å². The fourth-order valence-electron chi connectivity index (χ4n) is 6.11. The summed E-state index contributed by atoms with van der Waals surface area (Å²) in [5, 5.41) is 21.1. The summed E-state index contributed by atoms with van der Waals surface area (Å²) >= 11 is 1.56. The summed E-state index contributed by atoms with van der Waals surface area (Å²) in [6.07, 6.45) is -3.31. The lowest BCUT2D eigenvalue weighted by Crippen LogP contribution is -2.50. The molecule has 3 heterocycles. The molecule has 6 rings (SSSR count). The van der Waals surface area contributed by atoms with Gasteiger partial charge in [-0.25, -0.2) is 0 Å². The van der Waals surface area contributed by atoms with Crippen LogP contribution in [-0.4, -0.2) is 67.2 Å². The number of alkyl halides is 3. The number of aliphatic hydroxyl groups is 1. The van der Waals surface area contributed by atoms with Crippen molar-refractivity contribution in [1.82, 2.24) is 25.0 Å². The zero-order valence-corrected chi connectivity index (χ0v) is 27.5. The predicted octanol–water partition coefficient (Wildman–Crippen LogP) is 5.48. The van der Waals surface area contributed by atoms with Crippen molar-refractivity contribution in [3.8, 4) is 11.1 Å². The zero-order valence-electron chi connectivity index (χ0n) is 26.7. The third kappa shape index (κ3) is 8.15. The maximum absolute atomic E-state index is 13.1. The van der Waals surface area contributed by atoms with Crippen molar-refractivity contribution in [1.29, 1.82) is 0 Å². The van der Waals surface area contributed by atoms with Gasteiger partial charge in [0.15, 0.2) is 11.4 Å². The van der Waals surface area contributed by atoms with Gasteiger partial charge in [0.25, 0.3) is 0 Å². The molecule has 3 aromatic carbocycles. The number of ether oxygens (including phenoxy) is 2. The Bertz CT molecular complexity index is 1750. The molecule has 0 unspecified atom stereocenters. The van der Waals surface area contributed by atoms with Gasteiger partial charge in [-0.1, -0.05) is 84.6 Å². The summed E-state index contributed by atoms with van der Waals surface area (Å²) in [4.78, 5) is 25.4. The Kier molecular flexibility index (Phi) is 10.7. The number of halogens is 3. The minimum Gasteiger partial charge on any atom is -0.392 e. The lowest BCUT2D eigenvalue weighted by molar-refractivity contribution is -0.245. The van der Waals surface area contributed by atoms with Crippen LogP contribution in [0, 0.1) is 0 Å². The first-order valence-electron chi connectivity index (χ1n) is 15.9.